The minimum absolute atomic E-state index is 0.0104. The lowest BCUT2D eigenvalue weighted by Crippen LogP contribution is -2.50. The highest BCUT2D eigenvalue weighted by molar-refractivity contribution is 7.28. The van der Waals surface area contributed by atoms with Gasteiger partial charge in [0.15, 0.2) is 0 Å². The molecule has 9 rings (SSSR count). The molecule has 4 fully saturated rings. The number of pyridine rings is 1. The molecule has 4 aliphatic rings. The Morgan fingerprint density at radius 1 is 1.03 bits per heavy atom. The number of rotatable bonds is 13. The summed E-state index contributed by atoms with van der Waals surface area (Å²) in [6.45, 7) is 17.6. The van der Waals surface area contributed by atoms with Gasteiger partial charge in [-0.1, -0.05) is 31.9 Å². The van der Waals surface area contributed by atoms with Crippen molar-refractivity contribution in [3.05, 3.63) is 65.6 Å². The standard InChI is InChI=1S/C51H62FN8O4P/c1-6-33(3)49(62)56(5)43-27-37(10-8-34(43)4)59-16-12-35(13-17-59)30-57-18-20-58(21-19-57)31-51(14-15-51)32-64-50-54-46-41(48(55-50)60-22-24-63-25-23-60)29-53-45(47(46)65)40-28-38(61)26-36-9-11-42(52)39(7-2)44(36)40/h2,8-11,26-29,33,35,61H,6,12-25,30-32,65H2,1,3-5H3. The molecule has 2 unspecified atom stereocenters. The van der Waals surface area contributed by atoms with Gasteiger partial charge in [-0.3, -0.25) is 9.78 Å². The Balaban J connectivity index is 0.835. The molecule has 1 N–H and O–H groups in total. The van der Waals surface area contributed by atoms with Crippen LogP contribution in [0.4, 0.5) is 21.6 Å². The van der Waals surface area contributed by atoms with Crippen molar-refractivity contribution in [2.24, 2.45) is 17.3 Å². The Labute approximate surface area is 384 Å². The molecule has 1 aliphatic carbocycles. The second-order valence-corrected chi connectivity index (χ2v) is 19.4. The van der Waals surface area contributed by atoms with Gasteiger partial charge in [0.1, 0.15) is 17.4 Å². The smallest absolute Gasteiger partial charge is 0.318 e. The van der Waals surface area contributed by atoms with E-state index >= 15 is 4.39 Å². The molecule has 14 heteroatoms. The van der Waals surface area contributed by atoms with Gasteiger partial charge in [0.25, 0.3) is 0 Å². The van der Waals surface area contributed by atoms with Gasteiger partial charge in [-0.2, -0.15) is 9.97 Å². The van der Waals surface area contributed by atoms with Gasteiger partial charge in [0, 0.05) is 118 Å². The van der Waals surface area contributed by atoms with Crippen molar-refractivity contribution < 1.29 is 23.8 Å². The number of phenols is 1. The molecule has 5 aromatic rings. The van der Waals surface area contributed by atoms with Crippen molar-refractivity contribution in [1.29, 1.82) is 0 Å². The topological polar surface area (TPSA) is 111 Å². The normalized spacial score (nSPS) is 18.8. The van der Waals surface area contributed by atoms with Crippen LogP contribution in [0.15, 0.2) is 48.7 Å². The van der Waals surface area contributed by atoms with Gasteiger partial charge in [-0.25, -0.2) is 4.39 Å². The zero-order valence-electron chi connectivity index (χ0n) is 38.3. The van der Waals surface area contributed by atoms with Gasteiger partial charge >= 0.3 is 6.01 Å². The average molecular weight is 901 g/mol. The van der Waals surface area contributed by atoms with Crippen LogP contribution >= 0.6 is 9.24 Å². The molecule has 0 bridgehead atoms. The van der Waals surface area contributed by atoms with Crippen LogP contribution in [0.3, 0.4) is 0 Å². The predicted molar refractivity (Wildman–Crippen MR) is 261 cm³/mol. The molecular weight excluding hydrogens is 839 g/mol. The Hall–Kier alpha value is -5.12. The SMILES string of the molecule is C#Cc1c(F)ccc2cc(O)cc(-c3ncc4c(N5CCOCC5)nc(OCC5(CN6CCN(CC7CCN(c8ccc(C)c(N(C)C(=O)C(C)CC)c8)CC7)CC6)CC5)nc4c3P)c12. The first-order valence-corrected chi connectivity index (χ1v) is 23.9. The number of carbonyl (C=O) groups excluding carboxylic acids is 1. The van der Waals surface area contributed by atoms with Crippen molar-refractivity contribution in [3.8, 4) is 35.4 Å². The maximum absolute atomic E-state index is 15.0. The number of aromatic nitrogens is 3. The van der Waals surface area contributed by atoms with E-state index in [2.05, 4.69) is 66.8 Å². The number of halogens is 1. The number of aromatic hydroxyl groups is 1. The quantitative estimate of drug-likeness (QED) is 0.0974. The van der Waals surface area contributed by atoms with Crippen LogP contribution in [0.1, 0.15) is 57.1 Å². The Morgan fingerprint density at radius 3 is 2.48 bits per heavy atom. The molecular formula is C51H62FN8O4P. The lowest BCUT2D eigenvalue weighted by atomic mass is 9.95. The number of hydrogen-bond donors (Lipinski definition) is 1. The molecule has 2 atom stereocenters. The number of fused-ring (bicyclic) bond motifs is 2. The summed E-state index contributed by atoms with van der Waals surface area (Å²) in [5.74, 6) is 3.63. The Morgan fingerprint density at radius 2 is 1.77 bits per heavy atom. The third-order valence-electron chi connectivity index (χ3n) is 14.4. The third kappa shape index (κ3) is 9.46. The zero-order chi connectivity index (χ0) is 45.4. The van der Waals surface area contributed by atoms with Crippen molar-refractivity contribution in [2.75, 3.05) is 107 Å². The highest BCUT2D eigenvalue weighted by Gasteiger charge is 2.45. The molecule has 12 nitrogen and oxygen atoms in total. The van der Waals surface area contributed by atoms with Crippen LogP contribution in [-0.2, 0) is 9.53 Å². The summed E-state index contributed by atoms with van der Waals surface area (Å²) in [6.07, 6.45) is 13.0. The fourth-order valence-electron chi connectivity index (χ4n) is 9.99. The molecule has 1 saturated carbocycles. The van der Waals surface area contributed by atoms with E-state index in [1.54, 1.807) is 24.4 Å². The number of anilines is 3. The van der Waals surface area contributed by atoms with Gasteiger partial charge in [0.2, 0.25) is 5.91 Å². The first kappa shape index (κ1) is 45.1. The number of piperidine rings is 1. The van der Waals surface area contributed by atoms with Crippen molar-refractivity contribution in [2.45, 2.75) is 52.9 Å². The van der Waals surface area contributed by atoms with E-state index in [0.29, 0.717) is 77.7 Å². The molecule has 0 radical (unpaired) electrons. The van der Waals surface area contributed by atoms with E-state index < -0.39 is 5.82 Å². The molecule has 3 aliphatic heterocycles. The van der Waals surface area contributed by atoms with E-state index in [9.17, 15) is 9.90 Å². The first-order chi connectivity index (χ1) is 31.4. The number of morpholine rings is 1. The zero-order valence-corrected chi connectivity index (χ0v) is 39.4. The lowest BCUT2D eigenvalue weighted by Gasteiger charge is -2.40. The fourth-order valence-corrected chi connectivity index (χ4v) is 10.4. The number of nitrogens with zero attached hydrogens (tertiary/aromatic N) is 8. The summed E-state index contributed by atoms with van der Waals surface area (Å²) in [7, 11) is 4.69. The maximum Gasteiger partial charge on any atom is 0.318 e. The number of ether oxygens (including phenoxy) is 2. The predicted octanol–water partition coefficient (Wildman–Crippen LogP) is 7.02. The number of carbonyl (C=O) groups is 1. The minimum atomic E-state index is -0.510. The van der Waals surface area contributed by atoms with Crippen LogP contribution in [0, 0.1) is 42.3 Å². The molecule has 2 aromatic heterocycles. The van der Waals surface area contributed by atoms with Crippen molar-refractivity contribution >= 4 is 59.3 Å². The number of hydrogen-bond acceptors (Lipinski definition) is 11. The summed E-state index contributed by atoms with van der Waals surface area (Å²) in [4.78, 5) is 39.7. The number of amides is 1. The van der Waals surface area contributed by atoms with Crippen LogP contribution < -0.4 is 24.7 Å². The maximum atomic E-state index is 15.0. The monoisotopic (exact) mass is 900 g/mol. The summed E-state index contributed by atoms with van der Waals surface area (Å²) >= 11 is 0. The number of terminal acetylenes is 1. The first-order valence-electron chi connectivity index (χ1n) is 23.4. The van der Waals surface area contributed by atoms with Crippen molar-refractivity contribution in [1.82, 2.24) is 24.8 Å². The lowest BCUT2D eigenvalue weighted by molar-refractivity contribution is -0.121. The molecule has 65 heavy (non-hydrogen) atoms. The molecule has 0 spiro atoms. The number of benzene rings is 3. The van der Waals surface area contributed by atoms with Gasteiger partial charge in [-0.15, -0.1) is 15.7 Å². The molecule has 342 valence electrons. The number of piperazine rings is 1. The minimum Gasteiger partial charge on any atom is -0.508 e. The molecule has 1 amide bonds. The molecule has 3 saturated heterocycles. The summed E-state index contributed by atoms with van der Waals surface area (Å²) in [6, 6.07) is 13.0. The second-order valence-electron chi connectivity index (χ2n) is 18.8. The Kier molecular flexibility index (Phi) is 13.2. The van der Waals surface area contributed by atoms with Crippen molar-refractivity contribution in [3.63, 3.8) is 0 Å². The van der Waals surface area contributed by atoms with Gasteiger partial charge in [0.05, 0.1) is 42.0 Å². The second kappa shape index (κ2) is 19.0. The average Bonchev–Trinajstić information content (AvgIpc) is 4.10. The van der Waals surface area contributed by atoms with E-state index in [1.165, 1.54) is 24.6 Å². The van der Waals surface area contributed by atoms with Gasteiger partial charge in [-0.05, 0) is 86.2 Å². The van der Waals surface area contributed by atoms with Crippen LogP contribution in [0.5, 0.6) is 11.8 Å². The van der Waals surface area contributed by atoms with Crippen LogP contribution in [0.2, 0.25) is 0 Å². The van der Waals surface area contributed by atoms with Gasteiger partial charge < -0.3 is 39.1 Å². The van der Waals surface area contributed by atoms with Crippen LogP contribution in [0.25, 0.3) is 32.9 Å². The highest BCUT2D eigenvalue weighted by atomic mass is 31.0. The highest BCUT2D eigenvalue weighted by Crippen LogP contribution is 2.47. The summed E-state index contributed by atoms with van der Waals surface area (Å²) in [5.41, 5.74) is 5.21. The largest absolute Gasteiger partial charge is 0.508 e. The molecule has 3 aromatic carbocycles. The van der Waals surface area contributed by atoms with Crippen LogP contribution in [-0.4, -0.2) is 128 Å². The third-order valence-corrected chi connectivity index (χ3v) is 14.9. The number of phenolic OH excluding ortho intramolecular Hbond substituents is 1. The van der Waals surface area contributed by atoms with E-state index in [-0.39, 0.29) is 28.6 Å². The van der Waals surface area contributed by atoms with E-state index in [4.69, 9.17) is 30.8 Å². The van der Waals surface area contributed by atoms with E-state index in [0.717, 1.165) is 94.1 Å². The Bertz CT molecular complexity index is 2610. The summed E-state index contributed by atoms with van der Waals surface area (Å²) < 4.78 is 27.3. The number of aryl methyl sites for hydroxylation is 1. The summed E-state index contributed by atoms with van der Waals surface area (Å²) in [5, 5.41) is 13.3. The fraction of sp³-hybridized carbons (Fsp3) is 0.490. The van der Waals surface area contributed by atoms with E-state index in [1.807, 2.05) is 18.9 Å². The molecule has 5 heterocycles.